The molecule has 0 unspecified atom stereocenters. The van der Waals surface area contributed by atoms with Gasteiger partial charge in [0.1, 0.15) is 16.6 Å². The van der Waals surface area contributed by atoms with Gasteiger partial charge in [0.25, 0.3) is 5.91 Å². The van der Waals surface area contributed by atoms with Crippen LogP contribution >= 0.6 is 39.9 Å². The first-order chi connectivity index (χ1) is 9.38. The fraction of sp³-hybridized carbons (Fsp3) is 0.0833. The maximum absolute atomic E-state index is 12.0. The summed E-state index contributed by atoms with van der Waals surface area (Å²) in [5, 5.41) is 18.1. The summed E-state index contributed by atoms with van der Waals surface area (Å²) >= 11 is 9.23. The lowest BCUT2D eigenvalue weighted by Gasteiger charge is -2.10. The van der Waals surface area contributed by atoms with Gasteiger partial charge < -0.3 is 10.2 Å². The van der Waals surface area contributed by atoms with Gasteiger partial charge in [-0.1, -0.05) is 30.0 Å². The molecule has 0 atom stereocenters. The number of carbonyl (C=O) groups excluding carboxylic acids is 1. The number of carbonyl (C=O) groups is 2. The minimum Gasteiger partial charge on any atom is -0.507 e. The average Bonchev–Trinajstić information content (AvgIpc) is 2.61. The van der Waals surface area contributed by atoms with Crippen LogP contribution in [0.3, 0.4) is 0 Å². The molecule has 8 heteroatoms. The van der Waals surface area contributed by atoms with Gasteiger partial charge in [-0.15, -0.1) is 0 Å². The molecular weight excluding hydrogens is 366 g/mol. The monoisotopic (exact) mass is 373 g/mol. The number of hydrogen-bond donors (Lipinski definition) is 2. The SMILES string of the molecule is O=C(O)CN1C(=O)C(=Cc2ccc(O)c(Br)c2)SC1=S. The quantitative estimate of drug-likeness (QED) is 0.625. The Morgan fingerprint density at radius 1 is 1.50 bits per heavy atom. The van der Waals surface area contributed by atoms with Crippen molar-refractivity contribution in [2.24, 2.45) is 0 Å². The van der Waals surface area contributed by atoms with Crippen molar-refractivity contribution >= 4 is 62.2 Å². The Hall–Kier alpha value is -1.38. The number of amides is 1. The topological polar surface area (TPSA) is 77.8 Å². The third-order valence-corrected chi connectivity index (χ3v) is 4.45. The number of benzene rings is 1. The number of aliphatic carboxylic acids is 1. The van der Waals surface area contributed by atoms with Crippen LogP contribution in [0.25, 0.3) is 6.08 Å². The number of carboxylic acid groups (broad SMARTS) is 1. The third kappa shape index (κ3) is 3.20. The van der Waals surface area contributed by atoms with Crippen LogP contribution in [0.1, 0.15) is 5.56 Å². The fourth-order valence-electron chi connectivity index (χ4n) is 1.54. The third-order valence-electron chi connectivity index (χ3n) is 2.44. The summed E-state index contributed by atoms with van der Waals surface area (Å²) in [5.74, 6) is -1.44. The first-order valence-electron chi connectivity index (χ1n) is 5.34. The second kappa shape index (κ2) is 5.94. The van der Waals surface area contributed by atoms with Crippen LogP contribution in [0, 0.1) is 0 Å². The highest BCUT2D eigenvalue weighted by Crippen LogP contribution is 2.33. The summed E-state index contributed by atoms with van der Waals surface area (Å²) in [7, 11) is 0. The van der Waals surface area contributed by atoms with Gasteiger partial charge in [-0.2, -0.15) is 0 Å². The van der Waals surface area contributed by atoms with Crippen LogP contribution < -0.4 is 0 Å². The lowest BCUT2D eigenvalue weighted by atomic mass is 10.2. The van der Waals surface area contributed by atoms with Crippen LogP contribution in [0.4, 0.5) is 0 Å². The van der Waals surface area contributed by atoms with Crippen LogP contribution in [-0.2, 0) is 9.59 Å². The Bertz CT molecular complexity index is 644. The average molecular weight is 374 g/mol. The van der Waals surface area contributed by atoms with Gasteiger partial charge in [0, 0.05) is 0 Å². The highest BCUT2D eigenvalue weighted by Gasteiger charge is 2.33. The fourth-order valence-corrected chi connectivity index (χ4v) is 3.19. The van der Waals surface area contributed by atoms with E-state index in [4.69, 9.17) is 17.3 Å². The molecule has 1 fully saturated rings. The van der Waals surface area contributed by atoms with Crippen molar-refractivity contribution in [2.45, 2.75) is 0 Å². The van der Waals surface area contributed by atoms with E-state index in [-0.39, 0.29) is 10.1 Å². The molecule has 2 N–H and O–H groups in total. The predicted octanol–water partition coefficient (Wildman–Crippen LogP) is 2.44. The van der Waals surface area contributed by atoms with E-state index in [1.165, 1.54) is 6.07 Å². The Morgan fingerprint density at radius 2 is 2.20 bits per heavy atom. The first-order valence-corrected chi connectivity index (χ1v) is 7.36. The molecule has 5 nitrogen and oxygen atoms in total. The molecule has 0 saturated carbocycles. The van der Waals surface area contributed by atoms with E-state index in [1.54, 1.807) is 18.2 Å². The summed E-state index contributed by atoms with van der Waals surface area (Å²) in [5.41, 5.74) is 0.700. The first kappa shape index (κ1) is 15.0. The Balaban J connectivity index is 2.27. The summed E-state index contributed by atoms with van der Waals surface area (Å²) in [6, 6.07) is 4.79. The Kier molecular flexibility index (Phi) is 4.46. The normalized spacial score (nSPS) is 17.1. The molecule has 1 aromatic rings. The van der Waals surface area contributed by atoms with E-state index in [0.717, 1.165) is 16.7 Å². The molecule has 1 heterocycles. The number of phenols is 1. The van der Waals surface area contributed by atoms with Crippen molar-refractivity contribution < 1.29 is 19.8 Å². The second-order valence-electron chi connectivity index (χ2n) is 3.87. The number of aromatic hydroxyl groups is 1. The van der Waals surface area contributed by atoms with Gasteiger partial charge in [0.2, 0.25) is 0 Å². The zero-order valence-corrected chi connectivity index (χ0v) is 13.1. The molecule has 0 spiro atoms. The largest absolute Gasteiger partial charge is 0.507 e. The van der Waals surface area contributed by atoms with Gasteiger partial charge in [-0.3, -0.25) is 14.5 Å². The maximum atomic E-state index is 12.0. The van der Waals surface area contributed by atoms with Crippen LogP contribution in [0.2, 0.25) is 0 Å². The van der Waals surface area contributed by atoms with Crippen LogP contribution in [0.15, 0.2) is 27.6 Å². The molecule has 1 saturated heterocycles. The molecule has 1 aliphatic rings. The van der Waals surface area contributed by atoms with Crippen molar-refractivity contribution in [3.63, 3.8) is 0 Å². The van der Waals surface area contributed by atoms with E-state index < -0.39 is 18.4 Å². The smallest absolute Gasteiger partial charge is 0.323 e. The highest BCUT2D eigenvalue weighted by molar-refractivity contribution is 9.10. The number of carboxylic acids is 1. The minimum absolute atomic E-state index is 0.0978. The van der Waals surface area contributed by atoms with E-state index in [2.05, 4.69) is 15.9 Å². The zero-order chi connectivity index (χ0) is 14.9. The molecule has 0 bridgehead atoms. The van der Waals surface area contributed by atoms with Gasteiger partial charge in [-0.25, -0.2) is 0 Å². The van der Waals surface area contributed by atoms with Gasteiger partial charge >= 0.3 is 5.97 Å². The van der Waals surface area contributed by atoms with Crippen molar-refractivity contribution in [3.8, 4) is 5.75 Å². The molecule has 1 aliphatic heterocycles. The Morgan fingerprint density at radius 3 is 2.80 bits per heavy atom. The molecule has 20 heavy (non-hydrogen) atoms. The van der Waals surface area contributed by atoms with Crippen LogP contribution in [0.5, 0.6) is 5.75 Å². The van der Waals surface area contributed by atoms with Gasteiger partial charge in [0.15, 0.2) is 0 Å². The highest BCUT2D eigenvalue weighted by atomic mass is 79.9. The lowest BCUT2D eigenvalue weighted by Crippen LogP contribution is -2.33. The minimum atomic E-state index is -1.12. The number of nitrogens with zero attached hydrogens (tertiary/aromatic N) is 1. The van der Waals surface area contributed by atoms with E-state index in [0.29, 0.717) is 14.9 Å². The molecule has 104 valence electrons. The molecule has 0 radical (unpaired) electrons. The summed E-state index contributed by atoms with van der Waals surface area (Å²) in [6.45, 7) is -0.443. The number of phenolic OH excluding ortho intramolecular Hbond substituents is 1. The predicted molar refractivity (Wildman–Crippen MR) is 83.3 cm³/mol. The molecular formula is C12H8BrNO4S2. The molecule has 2 rings (SSSR count). The standard InChI is InChI=1S/C12H8BrNO4S2/c13-7-3-6(1-2-8(7)15)4-9-11(18)14(5-10(16)17)12(19)20-9/h1-4,15H,5H2,(H,16,17). The zero-order valence-electron chi connectivity index (χ0n) is 9.87. The number of thiocarbonyl (C=S) groups is 1. The number of thioether (sulfide) groups is 1. The van der Waals surface area contributed by atoms with E-state index in [9.17, 15) is 14.7 Å². The number of hydrogen-bond acceptors (Lipinski definition) is 5. The molecule has 0 aromatic heterocycles. The van der Waals surface area contributed by atoms with Gasteiger partial charge in [0.05, 0.1) is 9.38 Å². The van der Waals surface area contributed by atoms with Crippen molar-refractivity contribution in [3.05, 3.63) is 33.1 Å². The molecule has 1 amide bonds. The number of halogens is 1. The summed E-state index contributed by atoms with van der Waals surface area (Å²) in [4.78, 5) is 24.1. The lowest BCUT2D eigenvalue weighted by molar-refractivity contribution is -0.140. The Labute approximate surface area is 132 Å². The van der Waals surface area contributed by atoms with Crippen molar-refractivity contribution in [2.75, 3.05) is 6.54 Å². The molecule has 0 aliphatic carbocycles. The summed E-state index contributed by atoms with van der Waals surface area (Å²) < 4.78 is 0.730. The second-order valence-corrected chi connectivity index (χ2v) is 6.40. The van der Waals surface area contributed by atoms with E-state index in [1.807, 2.05) is 0 Å². The number of rotatable bonds is 3. The van der Waals surface area contributed by atoms with Crippen LogP contribution in [-0.4, -0.2) is 37.9 Å². The summed E-state index contributed by atoms with van der Waals surface area (Å²) in [6.07, 6.45) is 1.60. The van der Waals surface area contributed by atoms with Gasteiger partial charge in [-0.05, 0) is 39.7 Å². The van der Waals surface area contributed by atoms with E-state index >= 15 is 0 Å². The van der Waals surface area contributed by atoms with Crippen molar-refractivity contribution in [1.29, 1.82) is 0 Å². The maximum Gasteiger partial charge on any atom is 0.323 e. The molecule has 1 aromatic carbocycles. The van der Waals surface area contributed by atoms with Crippen molar-refractivity contribution in [1.82, 2.24) is 4.90 Å².